The Hall–Kier alpha value is -2.83. The monoisotopic (exact) mass is 315 g/mol. The first kappa shape index (κ1) is 14.7. The number of hydrogen-bond donors (Lipinski definition) is 0. The Morgan fingerprint density at radius 3 is 2.79 bits per heavy atom. The zero-order valence-electron chi connectivity index (χ0n) is 13.2. The molecule has 0 saturated carbocycles. The SMILES string of the molecule is N#Cc1ccc2c3c(ccc2c1)O[C@H](OCc1ccccc1)CC3. The van der Waals surface area contributed by atoms with Gasteiger partial charge in [-0.25, -0.2) is 0 Å². The van der Waals surface area contributed by atoms with Crippen molar-refractivity contribution in [3.63, 3.8) is 0 Å². The molecule has 0 bridgehead atoms. The van der Waals surface area contributed by atoms with Gasteiger partial charge in [0.25, 0.3) is 0 Å². The van der Waals surface area contributed by atoms with E-state index >= 15 is 0 Å². The fourth-order valence-corrected chi connectivity index (χ4v) is 3.16. The minimum absolute atomic E-state index is 0.214. The van der Waals surface area contributed by atoms with Crippen molar-refractivity contribution in [1.29, 1.82) is 5.26 Å². The summed E-state index contributed by atoms with van der Waals surface area (Å²) in [6.45, 7) is 0.556. The summed E-state index contributed by atoms with van der Waals surface area (Å²) in [4.78, 5) is 0. The van der Waals surface area contributed by atoms with Crippen LogP contribution in [0.15, 0.2) is 60.7 Å². The van der Waals surface area contributed by atoms with Gasteiger partial charge >= 0.3 is 0 Å². The van der Waals surface area contributed by atoms with Gasteiger partial charge in [0.1, 0.15) is 5.75 Å². The highest BCUT2D eigenvalue weighted by Gasteiger charge is 2.22. The smallest absolute Gasteiger partial charge is 0.200 e. The fraction of sp³-hybridized carbons (Fsp3) is 0.190. The zero-order chi connectivity index (χ0) is 16.4. The van der Waals surface area contributed by atoms with Crippen LogP contribution in [-0.4, -0.2) is 6.29 Å². The highest BCUT2D eigenvalue weighted by molar-refractivity contribution is 5.89. The molecule has 3 aromatic rings. The third kappa shape index (κ3) is 2.84. The standard InChI is InChI=1S/C21H17NO2/c22-13-16-6-8-18-17(12-16)7-10-20-19(18)9-11-21(24-20)23-14-15-4-2-1-3-5-15/h1-8,10,12,21H,9,11,14H2/t21-/m0/s1. The second-order valence-corrected chi connectivity index (χ2v) is 5.97. The molecule has 0 aliphatic carbocycles. The average Bonchev–Trinajstić information content (AvgIpc) is 2.66. The van der Waals surface area contributed by atoms with Crippen LogP contribution in [0.3, 0.4) is 0 Å². The molecule has 0 amide bonds. The molecule has 0 aromatic heterocycles. The van der Waals surface area contributed by atoms with E-state index in [4.69, 9.17) is 14.7 Å². The maximum Gasteiger partial charge on any atom is 0.200 e. The van der Waals surface area contributed by atoms with Crippen LogP contribution in [0.4, 0.5) is 0 Å². The lowest BCUT2D eigenvalue weighted by Crippen LogP contribution is -2.25. The Morgan fingerprint density at radius 2 is 1.96 bits per heavy atom. The van der Waals surface area contributed by atoms with Gasteiger partial charge in [0.05, 0.1) is 18.2 Å². The number of nitriles is 1. The first-order chi connectivity index (χ1) is 11.8. The Morgan fingerprint density at radius 1 is 1.08 bits per heavy atom. The molecule has 1 aliphatic heterocycles. The van der Waals surface area contributed by atoms with Gasteiger partial charge in [-0.3, -0.25) is 0 Å². The van der Waals surface area contributed by atoms with Crippen LogP contribution in [0.1, 0.15) is 23.1 Å². The quantitative estimate of drug-likeness (QED) is 0.710. The summed E-state index contributed by atoms with van der Waals surface area (Å²) >= 11 is 0. The summed E-state index contributed by atoms with van der Waals surface area (Å²) < 4.78 is 11.9. The van der Waals surface area contributed by atoms with Gasteiger partial charge in [0.2, 0.25) is 6.29 Å². The molecule has 0 radical (unpaired) electrons. The first-order valence-corrected chi connectivity index (χ1v) is 8.11. The van der Waals surface area contributed by atoms with Crippen molar-refractivity contribution in [3.05, 3.63) is 77.4 Å². The van der Waals surface area contributed by atoms with Gasteiger partial charge in [-0.1, -0.05) is 42.5 Å². The van der Waals surface area contributed by atoms with Crippen LogP contribution in [0.25, 0.3) is 10.8 Å². The average molecular weight is 315 g/mol. The number of nitrogens with zero attached hydrogens (tertiary/aromatic N) is 1. The second kappa shape index (κ2) is 6.35. The summed E-state index contributed by atoms with van der Waals surface area (Å²) in [7, 11) is 0. The molecule has 0 fully saturated rings. The number of aryl methyl sites for hydroxylation is 1. The molecule has 0 unspecified atom stereocenters. The van der Waals surface area contributed by atoms with Crippen LogP contribution < -0.4 is 4.74 Å². The van der Waals surface area contributed by atoms with E-state index in [1.165, 1.54) is 5.56 Å². The van der Waals surface area contributed by atoms with Crippen LogP contribution in [0.2, 0.25) is 0 Å². The Labute approximate surface area is 141 Å². The van der Waals surface area contributed by atoms with E-state index in [0.717, 1.165) is 34.9 Å². The largest absolute Gasteiger partial charge is 0.465 e. The minimum Gasteiger partial charge on any atom is -0.465 e. The number of rotatable bonds is 3. The molecule has 1 aliphatic rings. The van der Waals surface area contributed by atoms with Crippen molar-refractivity contribution in [2.75, 3.05) is 0 Å². The molecule has 0 spiro atoms. The van der Waals surface area contributed by atoms with Gasteiger partial charge in [0, 0.05) is 12.0 Å². The lowest BCUT2D eigenvalue weighted by atomic mass is 9.97. The topological polar surface area (TPSA) is 42.2 Å². The van der Waals surface area contributed by atoms with Crippen molar-refractivity contribution in [1.82, 2.24) is 0 Å². The number of hydrogen-bond acceptors (Lipinski definition) is 3. The Balaban J connectivity index is 1.53. The molecule has 0 saturated heterocycles. The molecular formula is C21H17NO2. The van der Waals surface area contributed by atoms with E-state index in [-0.39, 0.29) is 6.29 Å². The molecule has 118 valence electrons. The van der Waals surface area contributed by atoms with Gasteiger partial charge in [-0.05, 0) is 41.0 Å². The predicted octanol–water partition coefficient (Wildman–Crippen LogP) is 4.58. The Kier molecular flexibility index (Phi) is 3.90. The summed E-state index contributed by atoms with van der Waals surface area (Å²) in [6.07, 6.45) is 1.53. The highest BCUT2D eigenvalue weighted by atomic mass is 16.7. The number of benzene rings is 3. The normalized spacial score (nSPS) is 16.2. The highest BCUT2D eigenvalue weighted by Crippen LogP contribution is 2.34. The van der Waals surface area contributed by atoms with Gasteiger partial charge in [-0.15, -0.1) is 0 Å². The molecule has 3 nitrogen and oxygen atoms in total. The van der Waals surface area contributed by atoms with Crippen LogP contribution >= 0.6 is 0 Å². The maximum atomic E-state index is 9.03. The third-order valence-electron chi connectivity index (χ3n) is 4.38. The van der Waals surface area contributed by atoms with E-state index in [9.17, 15) is 0 Å². The zero-order valence-corrected chi connectivity index (χ0v) is 13.2. The van der Waals surface area contributed by atoms with E-state index in [2.05, 4.69) is 18.2 Å². The molecule has 4 rings (SSSR count). The van der Waals surface area contributed by atoms with Crippen molar-refractivity contribution in [2.24, 2.45) is 0 Å². The van der Waals surface area contributed by atoms with Gasteiger partial charge < -0.3 is 9.47 Å². The fourth-order valence-electron chi connectivity index (χ4n) is 3.16. The maximum absolute atomic E-state index is 9.03. The van der Waals surface area contributed by atoms with Crippen molar-refractivity contribution in [3.8, 4) is 11.8 Å². The third-order valence-corrected chi connectivity index (χ3v) is 4.38. The number of ether oxygens (including phenoxy) is 2. The second-order valence-electron chi connectivity index (χ2n) is 5.97. The first-order valence-electron chi connectivity index (χ1n) is 8.11. The van der Waals surface area contributed by atoms with Gasteiger partial charge in [-0.2, -0.15) is 5.26 Å². The van der Waals surface area contributed by atoms with E-state index < -0.39 is 0 Å². The van der Waals surface area contributed by atoms with Crippen molar-refractivity contribution in [2.45, 2.75) is 25.7 Å². The van der Waals surface area contributed by atoms with E-state index in [0.29, 0.717) is 12.2 Å². The lowest BCUT2D eigenvalue weighted by Gasteiger charge is -2.27. The van der Waals surface area contributed by atoms with E-state index in [1.54, 1.807) is 0 Å². The van der Waals surface area contributed by atoms with Gasteiger partial charge in [0.15, 0.2) is 0 Å². The van der Waals surface area contributed by atoms with Crippen molar-refractivity contribution >= 4 is 10.8 Å². The molecular weight excluding hydrogens is 298 g/mol. The minimum atomic E-state index is -0.214. The Bertz CT molecular complexity index is 912. The summed E-state index contributed by atoms with van der Waals surface area (Å²) in [6, 6.07) is 22.1. The van der Waals surface area contributed by atoms with Crippen LogP contribution in [-0.2, 0) is 17.8 Å². The van der Waals surface area contributed by atoms with E-state index in [1.807, 2.05) is 48.5 Å². The molecule has 24 heavy (non-hydrogen) atoms. The summed E-state index contributed by atoms with van der Waals surface area (Å²) in [5, 5.41) is 11.3. The molecule has 0 N–H and O–H groups in total. The summed E-state index contributed by atoms with van der Waals surface area (Å²) in [5.74, 6) is 0.886. The van der Waals surface area contributed by atoms with Crippen LogP contribution in [0, 0.1) is 11.3 Å². The lowest BCUT2D eigenvalue weighted by molar-refractivity contribution is -0.0993. The van der Waals surface area contributed by atoms with Crippen molar-refractivity contribution < 1.29 is 9.47 Å². The molecule has 3 heteroatoms. The molecule has 1 heterocycles. The summed E-state index contributed by atoms with van der Waals surface area (Å²) in [5.41, 5.74) is 3.04. The predicted molar refractivity (Wildman–Crippen MR) is 92.6 cm³/mol. The van der Waals surface area contributed by atoms with Crippen LogP contribution in [0.5, 0.6) is 5.75 Å². The number of fused-ring (bicyclic) bond motifs is 3. The molecule has 1 atom stereocenters. The molecule has 3 aromatic carbocycles.